The van der Waals surface area contributed by atoms with Gasteiger partial charge in [0.25, 0.3) is 0 Å². The average Bonchev–Trinajstić information content (AvgIpc) is 3.21. The van der Waals surface area contributed by atoms with Crippen molar-refractivity contribution in [3.8, 4) is 0 Å². The van der Waals surface area contributed by atoms with Crippen LogP contribution in [-0.2, 0) is 27.9 Å². The van der Waals surface area contributed by atoms with E-state index in [1.807, 2.05) is 0 Å². The van der Waals surface area contributed by atoms with Crippen molar-refractivity contribution in [2.45, 2.75) is 245 Å². The second-order valence-corrected chi connectivity index (χ2v) is 17.9. The first kappa shape index (κ1) is 56.5. The molecule has 0 aromatic heterocycles. The summed E-state index contributed by atoms with van der Waals surface area (Å²) >= 11 is 0. The van der Waals surface area contributed by atoms with Gasteiger partial charge in [0, 0.05) is 19.4 Å². The number of aliphatic hydroxyl groups excluding tert-OH is 1. The van der Waals surface area contributed by atoms with Gasteiger partial charge in [-0.2, -0.15) is 0 Å². The zero-order valence-electron chi connectivity index (χ0n) is 37.8. The van der Waals surface area contributed by atoms with Gasteiger partial charge in [0.2, 0.25) is 5.91 Å². The second kappa shape index (κ2) is 45.0. The van der Waals surface area contributed by atoms with Gasteiger partial charge < -0.3 is 20.1 Å². The molecule has 0 saturated heterocycles. The lowest BCUT2D eigenvalue weighted by Crippen LogP contribution is -2.27. The predicted octanol–water partition coefficient (Wildman–Crippen LogP) is 13.9. The lowest BCUT2D eigenvalue weighted by molar-refractivity contribution is -0.147. The predicted molar refractivity (Wildman–Crippen MR) is 243 cm³/mol. The van der Waals surface area contributed by atoms with Gasteiger partial charge in [-0.3, -0.25) is 18.6 Å². The molecule has 0 fully saturated rings. The summed E-state index contributed by atoms with van der Waals surface area (Å²) < 4.78 is 26.9. The van der Waals surface area contributed by atoms with E-state index in [1.165, 1.54) is 167 Å². The molecule has 0 aliphatic rings. The topological polar surface area (TPSA) is 131 Å². The number of phosphoric ester groups is 1. The summed E-state index contributed by atoms with van der Waals surface area (Å²) in [6, 6.07) is 0. The van der Waals surface area contributed by atoms with Crippen LogP contribution < -0.4 is 5.32 Å². The number of unbranched alkanes of at least 4 members (excludes halogenated alkanes) is 29. The van der Waals surface area contributed by atoms with E-state index in [-0.39, 0.29) is 32.1 Å². The Labute approximate surface area is 357 Å². The molecule has 2 unspecified atom stereocenters. The Hall–Kier alpha value is -1.51. The fourth-order valence-corrected chi connectivity index (χ4v) is 7.70. The molecule has 1 amide bonds. The third-order valence-corrected chi connectivity index (χ3v) is 11.6. The minimum Gasteiger partial charge on any atom is -0.463 e. The minimum atomic E-state index is -4.42. The smallest absolute Gasteiger partial charge is 0.463 e. The first-order valence-corrected chi connectivity index (χ1v) is 25.8. The largest absolute Gasteiger partial charge is 0.472 e. The number of ether oxygens (including phenoxy) is 1. The number of allylic oxidation sites excluding steroid dienone is 4. The molecule has 0 radical (unpaired) electrons. The van der Waals surface area contributed by atoms with Gasteiger partial charge in [-0.05, 0) is 44.9 Å². The molecule has 58 heavy (non-hydrogen) atoms. The molecule has 0 aliphatic carbocycles. The Morgan fingerprint density at radius 1 is 0.534 bits per heavy atom. The molecule has 0 heterocycles. The van der Waals surface area contributed by atoms with Gasteiger partial charge in [-0.15, -0.1) is 0 Å². The quantitative estimate of drug-likeness (QED) is 0.0239. The summed E-state index contributed by atoms with van der Waals surface area (Å²) in [5, 5.41) is 12.7. The first-order chi connectivity index (χ1) is 28.3. The Balaban J connectivity index is 3.54. The van der Waals surface area contributed by atoms with Gasteiger partial charge in [0.15, 0.2) is 0 Å². The number of nitrogens with one attached hydrogen (secondary N) is 1. The van der Waals surface area contributed by atoms with Crippen LogP contribution >= 0.6 is 7.82 Å². The van der Waals surface area contributed by atoms with E-state index in [4.69, 9.17) is 13.8 Å². The Kier molecular flexibility index (Phi) is 43.9. The number of rotatable bonds is 46. The molecule has 2 atom stereocenters. The van der Waals surface area contributed by atoms with Crippen molar-refractivity contribution in [2.75, 3.05) is 26.4 Å². The van der Waals surface area contributed by atoms with Crippen molar-refractivity contribution in [3.05, 3.63) is 24.3 Å². The summed E-state index contributed by atoms with van der Waals surface area (Å²) in [5.41, 5.74) is 0. The number of hydrogen-bond donors (Lipinski definition) is 3. The van der Waals surface area contributed by atoms with Crippen LogP contribution in [0.4, 0.5) is 0 Å². The molecule has 0 rings (SSSR count). The molecule has 0 bridgehead atoms. The van der Waals surface area contributed by atoms with E-state index >= 15 is 0 Å². The van der Waals surface area contributed by atoms with Crippen LogP contribution in [0.5, 0.6) is 0 Å². The van der Waals surface area contributed by atoms with Crippen LogP contribution in [0, 0.1) is 0 Å². The zero-order chi connectivity index (χ0) is 42.5. The van der Waals surface area contributed by atoms with Crippen molar-refractivity contribution >= 4 is 19.7 Å². The van der Waals surface area contributed by atoms with Crippen molar-refractivity contribution in [1.29, 1.82) is 0 Å². The maximum atomic E-state index is 12.1. The van der Waals surface area contributed by atoms with E-state index < -0.39 is 26.5 Å². The van der Waals surface area contributed by atoms with Gasteiger partial charge in [0.05, 0.1) is 13.2 Å². The molecular formula is C48H92NO8P. The van der Waals surface area contributed by atoms with Crippen LogP contribution in [0.3, 0.4) is 0 Å². The normalized spacial score (nSPS) is 13.4. The number of phosphoric acid groups is 1. The molecular weight excluding hydrogens is 750 g/mol. The number of carbonyl (C=O) groups excluding carboxylic acids is 2. The molecule has 342 valence electrons. The van der Waals surface area contributed by atoms with E-state index in [0.717, 1.165) is 44.9 Å². The maximum Gasteiger partial charge on any atom is 0.472 e. The third-order valence-electron chi connectivity index (χ3n) is 10.6. The third kappa shape index (κ3) is 45.6. The van der Waals surface area contributed by atoms with Crippen LogP contribution in [-0.4, -0.2) is 54.3 Å². The molecule has 9 nitrogen and oxygen atoms in total. The van der Waals surface area contributed by atoms with Crippen molar-refractivity contribution in [2.24, 2.45) is 0 Å². The van der Waals surface area contributed by atoms with Crippen LogP contribution in [0.15, 0.2) is 24.3 Å². The Morgan fingerprint density at radius 3 is 1.41 bits per heavy atom. The van der Waals surface area contributed by atoms with E-state index in [1.54, 1.807) is 0 Å². The highest BCUT2D eigenvalue weighted by atomic mass is 31.2. The molecule has 0 spiro atoms. The lowest BCUT2D eigenvalue weighted by Gasteiger charge is -2.15. The summed E-state index contributed by atoms with van der Waals surface area (Å²) in [5.74, 6) is -0.509. The van der Waals surface area contributed by atoms with Crippen molar-refractivity contribution in [3.63, 3.8) is 0 Å². The summed E-state index contributed by atoms with van der Waals surface area (Å²) in [6.07, 6.45) is 49.7. The fourth-order valence-electron chi connectivity index (χ4n) is 6.94. The maximum absolute atomic E-state index is 12.1. The van der Waals surface area contributed by atoms with E-state index in [0.29, 0.717) is 6.42 Å². The van der Waals surface area contributed by atoms with Crippen molar-refractivity contribution < 1.29 is 37.9 Å². The number of aliphatic hydroxyl groups is 1. The molecule has 0 saturated carbocycles. The van der Waals surface area contributed by atoms with Crippen LogP contribution in [0.25, 0.3) is 0 Å². The van der Waals surface area contributed by atoms with Crippen molar-refractivity contribution in [1.82, 2.24) is 5.32 Å². The molecule has 3 N–H and O–H groups in total. The van der Waals surface area contributed by atoms with Gasteiger partial charge in [0.1, 0.15) is 12.7 Å². The zero-order valence-corrected chi connectivity index (χ0v) is 38.6. The molecule has 0 aliphatic heterocycles. The number of esters is 1. The van der Waals surface area contributed by atoms with E-state index in [9.17, 15) is 24.2 Å². The van der Waals surface area contributed by atoms with Gasteiger partial charge in [-0.1, -0.05) is 205 Å². The highest BCUT2D eigenvalue weighted by molar-refractivity contribution is 7.47. The first-order valence-electron chi connectivity index (χ1n) is 24.3. The highest BCUT2D eigenvalue weighted by Gasteiger charge is 2.23. The number of hydrogen-bond acceptors (Lipinski definition) is 7. The standard InChI is InChI=1S/C48H92NO8P/c1-3-5-7-9-11-13-15-17-19-21-22-23-24-25-26-28-30-32-34-36-38-40-47(51)49-42-43-56-58(53,54)57-45-46(50)44-55-48(52)41-39-37-35-33-31-29-27-20-18-16-14-12-10-8-6-4-2/h11,13,17,19,46,50H,3-10,12,14-16,18,20-45H2,1-2H3,(H,49,51)(H,53,54)/b13-11-,19-17-. The minimum absolute atomic E-state index is 0.0832. The van der Waals surface area contributed by atoms with Crippen LogP contribution in [0.2, 0.25) is 0 Å². The monoisotopic (exact) mass is 842 g/mol. The SMILES string of the molecule is CCCCC/C=C\C/C=C\CCCCCCCCCCCCCC(=O)NCCOP(=O)(O)OCC(O)COC(=O)CCCCCCCCCCCCCCCCCC. The summed E-state index contributed by atoms with van der Waals surface area (Å²) in [7, 11) is -4.42. The number of carbonyl (C=O) groups is 2. The number of amides is 1. The average molecular weight is 842 g/mol. The lowest BCUT2D eigenvalue weighted by atomic mass is 10.0. The highest BCUT2D eigenvalue weighted by Crippen LogP contribution is 2.42. The Morgan fingerprint density at radius 2 is 0.931 bits per heavy atom. The summed E-state index contributed by atoms with van der Waals surface area (Å²) in [4.78, 5) is 34.0. The van der Waals surface area contributed by atoms with Crippen LogP contribution in [0.1, 0.15) is 239 Å². The molecule has 0 aromatic rings. The summed E-state index contributed by atoms with van der Waals surface area (Å²) in [6.45, 7) is 3.57. The molecule has 10 heteroatoms. The second-order valence-electron chi connectivity index (χ2n) is 16.4. The molecule has 0 aromatic carbocycles. The Bertz CT molecular complexity index is 1010. The van der Waals surface area contributed by atoms with E-state index in [2.05, 4.69) is 43.5 Å². The fraction of sp³-hybridized carbons (Fsp3) is 0.875. The van der Waals surface area contributed by atoms with Gasteiger partial charge in [-0.25, -0.2) is 4.57 Å². The van der Waals surface area contributed by atoms with Gasteiger partial charge >= 0.3 is 13.8 Å².